The van der Waals surface area contributed by atoms with Gasteiger partial charge in [-0.1, -0.05) is 13.8 Å². The summed E-state index contributed by atoms with van der Waals surface area (Å²) in [4.78, 5) is 0. The molecule has 0 saturated heterocycles. The highest BCUT2D eigenvalue weighted by atomic mass is 16.5. The number of hydrogen-bond acceptors (Lipinski definition) is 4. The zero-order valence-corrected chi connectivity index (χ0v) is 6.90. The second-order valence-electron chi connectivity index (χ2n) is 3.02. The van der Waals surface area contributed by atoms with E-state index in [1.54, 1.807) is 7.11 Å². The topological polar surface area (TPSA) is 60.4 Å². The van der Waals surface area contributed by atoms with Gasteiger partial charge in [0.15, 0.2) is 5.84 Å². The fraction of sp³-hybridized carbons (Fsp3) is 0.833. The number of amidine groups is 1. The molecule has 0 amide bonds. The smallest absolute Gasteiger partial charge is 0.184 e. The van der Waals surface area contributed by atoms with Gasteiger partial charge in [-0.05, 0) is 10.4 Å². The average Bonchev–Trinajstić information content (AvgIpc) is 2.37. The molecule has 11 heavy (non-hydrogen) atoms. The van der Waals surface area contributed by atoms with E-state index < -0.39 is 0 Å². The second-order valence-corrected chi connectivity index (χ2v) is 3.02. The Morgan fingerprint density at radius 2 is 2.09 bits per heavy atom. The highest BCUT2D eigenvalue weighted by Gasteiger charge is 2.28. The Kier molecular flexibility index (Phi) is 2.19. The summed E-state index contributed by atoms with van der Waals surface area (Å²) in [5.41, 5.74) is 3.56. The first-order chi connectivity index (χ1) is 5.17. The van der Waals surface area contributed by atoms with Crippen molar-refractivity contribution in [1.82, 2.24) is 5.43 Å². The van der Waals surface area contributed by atoms with Crippen molar-refractivity contribution in [3.63, 3.8) is 0 Å². The van der Waals surface area contributed by atoms with Gasteiger partial charge >= 0.3 is 0 Å². The molecular weight excluding hydrogens is 144 g/mol. The van der Waals surface area contributed by atoms with Crippen molar-refractivity contribution < 1.29 is 4.74 Å². The second kappa shape index (κ2) is 2.96. The number of methoxy groups -OCH3 is 1. The third-order valence-corrected chi connectivity index (χ3v) is 1.43. The lowest BCUT2D eigenvalue weighted by Crippen LogP contribution is -2.32. The Bertz CT molecular complexity index is 197. The van der Waals surface area contributed by atoms with E-state index in [4.69, 9.17) is 4.74 Å². The Morgan fingerprint density at radius 1 is 1.36 bits per heavy atom. The standard InChI is InChI=1S/C6H11N4O/c1-6(2,4-11-3)5-7-9-10-8-5/h4H2,1-3H3. The van der Waals surface area contributed by atoms with Gasteiger partial charge in [0, 0.05) is 7.11 Å². The van der Waals surface area contributed by atoms with E-state index in [2.05, 4.69) is 21.0 Å². The van der Waals surface area contributed by atoms with Gasteiger partial charge in [0.25, 0.3) is 0 Å². The Labute approximate surface area is 65.5 Å². The Hall–Kier alpha value is -0.970. The zero-order valence-electron chi connectivity index (χ0n) is 6.90. The fourth-order valence-electron chi connectivity index (χ4n) is 0.841. The minimum absolute atomic E-state index is 0.196. The maximum absolute atomic E-state index is 4.99. The third-order valence-electron chi connectivity index (χ3n) is 1.43. The Morgan fingerprint density at radius 3 is 2.55 bits per heavy atom. The molecule has 1 heterocycles. The van der Waals surface area contributed by atoms with Crippen LogP contribution < -0.4 is 5.43 Å². The molecule has 0 aromatic carbocycles. The molecule has 1 rings (SSSR count). The van der Waals surface area contributed by atoms with Crippen LogP contribution in [-0.2, 0) is 4.74 Å². The minimum atomic E-state index is -0.196. The third kappa shape index (κ3) is 1.74. The molecule has 0 atom stereocenters. The first kappa shape index (κ1) is 8.13. The van der Waals surface area contributed by atoms with Gasteiger partial charge in [-0.2, -0.15) is 0 Å². The number of rotatable bonds is 3. The Balaban J connectivity index is 2.57. The molecular formula is C6H11N4O. The highest BCUT2D eigenvalue weighted by molar-refractivity contribution is 5.87. The van der Waals surface area contributed by atoms with Crippen LogP contribution in [0.1, 0.15) is 13.8 Å². The van der Waals surface area contributed by atoms with Gasteiger partial charge in [-0.25, -0.2) is 0 Å². The van der Waals surface area contributed by atoms with Crippen LogP contribution in [0.4, 0.5) is 0 Å². The van der Waals surface area contributed by atoms with Crippen LogP contribution in [-0.4, -0.2) is 19.6 Å². The molecule has 5 heteroatoms. The van der Waals surface area contributed by atoms with Crippen molar-refractivity contribution in [1.29, 1.82) is 0 Å². The van der Waals surface area contributed by atoms with Crippen LogP contribution >= 0.6 is 0 Å². The normalized spacial score (nSPS) is 16.5. The van der Waals surface area contributed by atoms with Gasteiger partial charge in [0.2, 0.25) is 0 Å². The predicted octanol–water partition coefficient (Wildman–Crippen LogP) is 0.958. The molecule has 1 aliphatic heterocycles. The van der Waals surface area contributed by atoms with Crippen LogP contribution in [0.25, 0.3) is 0 Å². The number of nitrogens with zero attached hydrogens (tertiary/aromatic N) is 4. The molecule has 0 aromatic rings. The van der Waals surface area contributed by atoms with E-state index >= 15 is 0 Å². The summed E-state index contributed by atoms with van der Waals surface area (Å²) in [6.07, 6.45) is 0. The van der Waals surface area contributed by atoms with Crippen LogP contribution in [0.5, 0.6) is 0 Å². The monoisotopic (exact) mass is 155 g/mol. The molecule has 0 fully saturated rings. The van der Waals surface area contributed by atoms with E-state index in [1.165, 1.54) is 0 Å². The molecule has 0 unspecified atom stereocenters. The summed E-state index contributed by atoms with van der Waals surface area (Å²) in [6, 6.07) is 0. The summed E-state index contributed by atoms with van der Waals surface area (Å²) >= 11 is 0. The van der Waals surface area contributed by atoms with E-state index in [-0.39, 0.29) is 5.41 Å². The van der Waals surface area contributed by atoms with Crippen molar-refractivity contribution in [2.24, 2.45) is 21.0 Å². The fourth-order valence-corrected chi connectivity index (χ4v) is 0.841. The predicted molar refractivity (Wildman–Crippen MR) is 40.1 cm³/mol. The SMILES string of the molecule is COCC(C)(C)C1=NN=N[N]1. The summed E-state index contributed by atoms with van der Waals surface area (Å²) in [5.74, 6) is 0.624. The van der Waals surface area contributed by atoms with Crippen LogP contribution in [0.3, 0.4) is 0 Å². The summed E-state index contributed by atoms with van der Waals surface area (Å²) < 4.78 is 4.99. The molecule has 0 spiro atoms. The minimum Gasteiger partial charge on any atom is -0.384 e. The summed E-state index contributed by atoms with van der Waals surface area (Å²) in [6.45, 7) is 4.53. The van der Waals surface area contributed by atoms with Gasteiger partial charge in [0.1, 0.15) is 0 Å². The first-order valence-electron chi connectivity index (χ1n) is 3.35. The molecule has 0 aliphatic carbocycles. The van der Waals surface area contributed by atoms with Gasteiger partial charge < -0.3 is 4.74 Å². The van der Waals surface area contributed by atoms with Crippen LogP contribution in [0, 0.1) is 5.41 Å². The van der Waals surface area contributed by atoms with Crippen molar-refractivity contribution in [2.45, 2.75) is 13.8 Å². The van der Waals surface area contributed by atoms with E-state index in [0.717, 1.165) is 0 Å². The van der Waals surface area contributed by atoms with Crippen LogP contribution in [0.2, 0.25) is 0 Å². The molecule has 1 radical (unpaired) electrons. The highest BCUT2D eigenvalue weighted by Crippen LogP contribution is 2.19. The van der Waals surface area contributed by atoms with Crippen molar-refractivity contribution in [3.05, 3.63) is 0 Å². The average molecular weight is 155 g/mol. The summed E-state index contributed by atoms with van der Waals surface area (Å²) in [5, 5.41) is 10.6. The van der Waals surface area contributed by atoms with E-state index in [1.807, 2.05) is 13.8 Å². The lowest BCUT2D eigenvalue weighted by Gasteiger charge is -2.20. The maximum atomic E-state index is 4.99. The van der Waals surface area contributed by atoms with Gasteiger partial charge in [0.05, 0.1) is 12.0 Å². The molecule has 5 nitrogen and oxygen atoms in total. The molecule has 61 valence electrons. The molecule has 0 bridgehead atoms. The molecule has 0 N–H and O–H groups in total. The lowest BCUT2D eigenvalue weighted by atomic mass is 9.93. The lowest BCUT2D eigenvalue weighted by molar-refractivity contribution is 0.140. The van der Waals surface area contributed by atoms with Gasteiger partial charge in [-0.3, -0.25) is 0 Å². The first-order valence-corrected chi connectivity index (χ1v) is 3.35. The van der Waals surface area contributed by atoms with E-state index in [0.29, 0.717) is 12.4 Å². The largest absolute Gasteiger partial charge is 0.384 e. The maximum Gasteiger partial charge on any atom is 0.184 e. The van der Waals surface area contributed by atoms with Crippen LogP contribution in [0.15, 0.2) is 15.5 Å². The zero-order chi connectivity index (χ0) is 8.32. The van der Waals surface area contributed by atoms with E-state index in [9.17, 15) is 0 Å². The number of hydrogen-bond donors (Lipinski definition) is 0. The van der Waals surface area contributed by atoms with Crippen molar-refractivity contribution in [3.8, 4) is 0 Å². The molecule has 0 aromatic heterocycles. The van der Waals surface area contributed by atoms with Crippen molar-refractivity contribution in [2.75, 3.05) is 13.7 Å². The number of ether oxygens (including phenoxy) is 1. The van der Waals surface area contributed by atoms with Crippen molar-refractivity contribution >= 4 is 5.84 Å². The molecule has 1 aliphatic rings. The summed E-state index contributed by atoms with van der Waals surface area (Å²) in [7, 11) is 1.64. The van der Waals surface area contributed by atoms with Gasteiger partial charge in [-0.15, -0.1) is 10.5 Å². The quantitative estimate of drug-likeness (QED) is 0.598. The molecule has 0 saturated carbocycles.